The lowest BCUT2D eigenvalue weighted by molar-refractivity contribution is 0.0917. The fourth-order valence-corrected chi connectivity index (χ4v) is 1.92. The van der Waals surface area contributed by atoms with Crippen molar-refractivity contribution in [2.24, 2.45) is 11.8 Å². The van der Waals surface area contributed by atoms with Crippen molar-refractivity contribution in [1.82, 2.24) is 5.32 Å². The number of hydrogen-bond donors (Lipinski definition) is 1. The van der Waals surface area contributed by atoms with Crippen molar-refractivity contribution in [3.63, 3.8) is 0 Å². The van der Waals surface area contributed by atoms with Crippen LogP contribution in [0.25, 0.3) is 0 Å². The summed E-state index contributed by atoms with van der Waals surface area (Å²) in [4.78, 5) is 11.6. The van der Waals surface area contributed by atoms with Gasteiger partial charge in [0.1, 0.15) is 0 Å². The first kappa shape index (κ1) is 10.7. The highest BCUT2D eigenvalue weighted by molar-refractivity contribution is 9.10. The minimum atomic E-state index is -0.131. The zero-order valence-corrected chi connectivity index (χ0v) is 10.2. The van der Waals surface area contributed by atoms with E-state index in [9.17, 15) is 4.79 Å². The lowest BCUT2D eigenvalue weighted by Crippen LogP contribution is -2.28. The SMILES string of the molecule is CC(CNC(=O)c1ccc(Br)o1)C1CC1. The van der Waals surface area contributed by atoms with Crippen LogP contribution in [-0.2, 0) is 0 Å². The maximum Gasteiger partial charge on any atom is 0.287 e. The van der Waals surface area contributed by atoms with Gasteiger partial charge in [-0.25, -0.2) is 0 Å². The normalized spacial score (nSPS) is 17.5. The van der Waals surface area contributed by atoms with Crippen LogP contribution in [0.2, 0.25) is 0 Å². The van der Waals surface area contributed by atoms with Gasteiger partial charge in [-0.05, 0) is 52.7 Å². The fraction of sp³-hybridized carbons (Fsp3) is 0.545. The van der Waals surface area contributed by atoms with Crippen molar-refractivity contribution >= 4 is 21.8 Å². The molecule has 0 saturated heterocycles. The van der Waals surface area contributed by atoms with Crippen LogP contribution >= 0.6 is 15.9 Å². The average molecular weight is 272 g/mol. The highest BCUT2D eigenvalue weighted by atomic mass is 79.9. The van der Waals surface area contributed by atoms with E-state index < -0.39 is 0 Å². The van der Waals surface area contributed by atoms with Crippen molar-refractivity contribution in [1.29, 1.82) is 0 Å². The number of carbonyl (C=O) groups is 1. The maximum absolute atomic E-state index is 11.6. The second kappa shape index (κ2) is 4.39. The lowest BCUT2D eigenvalue weighted by Gasteiger charge is -2.09. The monoisotopic (exact) mass is 271 g/mol. The van der Waals surface area contributed by atoms with Crippen molar-refractivity contribution < 1.29 is 9.21 Å². The van der Waals surface area contributed by atoms with Gasteiger partial charge in [0.05, 0.1) is 0 Å². The molecule has 1 atom stereocenters. The molecule has 0 spiro atoms. The molecule has 1 aromatic rings. The Bertz CT molecular complexity index is 357. The zero-order chi connectivity index (χ0) is 10.8. The van der Waals surface area contributed by atoms with E-state index in [0.29, 0.717) is 16.3 Å². The summed E-state index contributed by atoms with van der Waals surface area (Å²) in [7, 11) is 0. The standard InChI is InChI=1S/C11H14BrNO2/c1-7(8-2-3-8)6-13-11(14)9-4-5-10(12)15-9/h4-5,7-8H,2-3,6H2,1H3,(H,13,14). The van der Waals surface area contributed by atoms with Crippen LogP contribution in [0.15, 0.2) is 21.2 Å². The van der Waals surface area contributed by atoms with Crippen LogP contribution in [0.5, 0.6) is 0 Å². The summed E-state index contributed by atoms with van der Waals surface area (Å²) in [6, 6.07) is 3.39. The second-order valence-electron chi connectivity index (χ2n) is 4.13. The van der Waals surface area contributed by atoms with Gasteiger partial charge in [-0.1, -0.05) is 6.92 Å². The number of rotatable bonds is 4. The predicted molar refractivity (Wildman–Crippen MR) is 60.6 cm³/mol. The number of carbonyl (C=O) groups excluding carboxylic acids is 1. The van der Waals surface area contributed by atoms with E-state index in [4.69, 9.17) is 4.42 Å². The Kier molecular flexibility index (Phi) is 3.14. The van der Waals surface area contributed by atoms with Crippen LogP contribution in [0, 0.1) is 11.8 Å². The van der Waals surface area contributed by atoms with E-state index in [0.717, 1.165) is 12.5 Å². The number of nitrogens with one attached hydrogen (secondary N) is 1. The Morgan fingerprint density at radius 1 is 1.67 bits per heavy atom. The molecule has 0 aromatic carbocycles. The van der Waals surface area contributed by atoms with Gasteiger partial charge in [-0.2, -0.15) is 0 Å². The Hall–Kier alpha value is -0.770. The van der Waals surface area contributed by atoms with E-state index in [1.165, 1.54) is 12.8 Å². The number of furan rings is 1. The summed E-state index contributed by atoms with van der Waals surface area (Å²) in [5.74, 6) is 1.62. The molecule has 15 heavy (non-hydrogen) atoms. The van der Waals surface area contributed by atoms with Crippen molar-refractivity contribution in [3.05, 3.63) is 22.6 Å². The maximum atomic E-state index is 11.6. The molecule has 1 aromatic heterocycles. The Morgan fingerprint density at radius 3 is 2.93 bits per heavy atom. The van der Waals surface area contributed by atoms with Crippen LogP contribution in [-0.4, -0.2) is 12.5 Å². The van der Waals surface area contributed by atoms with Crippen molar-refractivity contribution in [2.75, 3.05) is 6.54 Å². The molecule has 1 aliphatic rings. The van der Waals surface area contributed by atoms with Crippen LogP contribution < -0.4 is 5.32 Å². The van der Waals surface area contributed by atoms with Gasteiger partial charge in [-0.3, -0.25) is 4.79 Å². The largest absolute Gasteiger partial charge is 0.444 e. The molecule has 1 unspecified atom stereocenters. The smallest absolute Gasteiger partial charge is 0.287 e. The van der Waals surface area contributed by atoms with Gasteiger partial charge in [0, 0.05) is 6.54 Å². The molecule has 1 heterocycles. The van der Waals surface area contributed by atoms with Crippen LogP contribution in [0.1, 0.15) is 30.3 Å². The lowest BCUT2D eigenvalue weighted by atomic mass is 10.1. The molecular formula is C11H14BrNO2. The Morgan fingerprint density at radius 2 is 2.40 bits per heavy atom. The minimum absolute atomic E-state index is 0.131. The highest BCUT2D eigenvalue weighted by Gasteiger charge is 2.28. The quantitative estimate of drug-likeness (QED) is 0.915. The Labute approximate surface area is 97.4 Å². The third-order valence-corrected chi connectivity index (χ3v) is 3.23. The van der Waals surface area contributed by atoms with E-state index in [-0.39, 0.29) is 5.91 Å². The summed E-state index contributed by atoms with van der Waals surface area (Å²) in [6.07, 6.45) is 2.62. The first-order valence-corrected chi connectivity index (χ1v) is 5.99. The molecule has 82 valence electrons. The first-order chi connectivity index (χ1) is 7.16. The third kappa shape index (κ3) is 2.84. The van der Waals surface area contributed by atoms with Crippen LogP contribution in [0.3, 0.4) is 0 Å². The van der Waals surface area contributed by atoms with Crippen molar-refractivity contribution in [3.8, 4) is 0 Å². The number of amides is 1. The summed E-state index contributed by atoms with van der Waals surface area (Å²) in [5.41, 5.74) is 0. The molecule has 0 radical (unpaired) electrons. The third-order valence-electron chi connectivity index (χ3n) is 2.81. The van der Waals surface area contributed by atoms with Gasteiger partial charge in [0.2, 0.25) is 0 Å². The van der Waals surface area contributed by atoms with Gasteiger partial charge in [-0.15, -0.1) is 0 Å². The summed E-state index contributed by atoms with van der Waals surface area (Å²) < 4.78 is 5.74. The minimum Gasteiger partial charge on any atom is -0.444 e. The van der Waals surface area contributed by atoms with E-state index in [2.05, 4.69) is 28.2 Å². The Balaban J connectivity index is 1.81. The fourth-order valence-electron chi connectivity index (χ4n) is 1.61. The van der Waals surface area contributed by atoms with Crippen LogP contribution in [0.4, 0.5) is 0 Å². The molecule has 1 saturated carbocycles. The molecule has 0 aliphatic heterocycles. The van der Waals surface area contributed by atoms with Crippen molar-refractivity contribution in [2.45, 2.75) is 19.8 Å². The summed E-state index contributed by atoms with van der Waals surface area (Å²) >= 11 is 3.17. The molecular weight excluding hydrogens is 258 g/mol. The molecule has 3 nitrogen and oxygen atoms in total. The van der Waals surface area contributed by atoms with Gasteiger partial charge >= 0.3 is 0 Å². The molecule has 1 fully saturated rings. The molecule has 0 bridgehead atoms. The van der Waals surface area contributed by atoms with E-state index in [1.54, 1.807) is 12.1 Å². The zero-order valence-electron chi connectivity index (χ0n) is 8.63. The predicted octanol–water partition coefficient (Wildman–Crippen LogP) is 2.82. The van der Waals surface area contributed by atoms with Gasteiger partial charge in [0.15, 0.2) is 10.4 Å². The van der Waals surface area contributed by atoms with Gasteiger partial charge in [0.25, 0.3) is 5.91 Å². The molecule has 1 amide bonds. The number of halogens is 1. The average Bonchev–Trinajstić information content (AvgIpc) is 2.97. The van der Waals surface area contributed by atoms with E-state index >= 15 is 0 Å². The number of hydrogen-bond acceptors (Lipinski definition) is 2. The van der Waals surface area contributed by atoms with Gasteiger partial charge < -0.3 is 9.73 Å². The molecule has 1 N–H and O–H groups in total. The highest BCUT2D eigenvalue weighted by Crippen LogP contribution is 2.36. The van der Waals surface area contributed by atoms with E-state index in [1.807, 2.05) is 0 Å². The summed E-state index contributed by atoms with van der Waals surface area (Å²) in [6.45, 7) is 2.91. The summed E-state index contributed by atoms with van der Waals surface area (Å²) in [5, 5.41) is 2.88. The molecule has 1 aliphatic carbocycles. The second-order valence-corrected chi connectivity index (χ2v) is 4.91. The molecule has 4 heteroatoms. The molecule has 2 rings (SSSR count). The topological polar surface area (TPSA) is 42.2 Å². The first-order valence-electron chi connectivity index (χ1n) is 5.20.